The molecule has 1 saturated heterocycles. The Morgan fingerprint density at radius 3 is 2.41 bits per heavy atom. The van der Waals surface area contributed by atoms with Gasteiger partial charge >= 0.3 is 5.97 Å². The molecule has 1 fully saturated rings. The number of rotatable bonds is 4. The lowest BCUT2D eigenvalue weighted by Crippen LogP contribution is -2.47. The Balaban J connectivity index is 2.32. The van der Waals surface area contributed by atoms with E-state index in [0.29, 0.717) is 9.23 Å². The van der Waals surface area contributed by atoms with Gasteiger partial charge < -0.3 is 5.11 Å². The van der Waals surface area contributed by atoms with Crippen molar-refractivity contribution in [1.29, 1.82) is 0 Å². The number of thiocarbonyl (C=S) groups is 1. The highest BCUT2D eigenvalue weighted by Gasteiger charge is 2.41. The van der Waals surface area contributed by atoms with Crippen molar-refractivity contribution in [2.45, 2.75) is 26.8 Å². The van der Waals surface area contributed by atoms with Crippen LogP contribution in [0.2, 0.25) is 0 Å². The van der Waals surface area contributed by atoms with E-state index < -0.39 is 12.0 Å². The largest absolute Gasteiger partial charge is 0.480 e. The van der Waals surface area contributed by atoms with Crippen LogP contribution < -0.4 is 0 Å². The standard InChI is InChI=1S/C16H17NO3S2/c1-9(2)13(15(19)20)17-14(18)12(22-16(17)21)8-11-6-4-10(3)5-7-11/h4-9,13H,1-3H3,(H,19,20). The summed E-state index contributed by atoms with van der Waals surface area (Å²) in [6.45, 7) is 5.52. The molecule has 2 rings (SSSR count). The lowest BCUT2D eigenvalue weighted by molar-refractivity contribution is -0.146. The van der Waals surface area contributed by atoms with E-state index in [1.807, 2.05) is 31.2 Å². The zero-order valence-electron chi connectivity index (χ0n) is 12.6. The fourth-order valence-electron chi connectivity index (χ4n) is 2.23. The molecule has 0 aliphatic carbocycles. The number of carboxylic acid groups (broad SMARTS) is 1. The lowest BCUT2D eigenvalue weighted by Gasteiger charge is -2.26. The summed E-state index contributed by atoms with van der Waals surface area (Å²) in [4.78, 5) is 25.6. The number of hydrogen-bond acceptors (Lipinski definition) is 4. The molecule has 1 aliphatic heterocycles. The zero-order chi connectivity index (χ0) is 16.4. The van der Waals surface area contributed by atoms with Gasteiger partial charge in [0, 0.05) is 0 Å². The number of hydrogen-bond donors (Lipinski definition) is 1. The first-order chi connectivity index (χ1) is 10.3. The molecule has 1 aromatic carbocycles. The van der Waals surface area contributed by atoms with E-state index >= 15 is 0 Å². The fourth-order valence-corrected chi connectivity index (χ4v) is 3.56. The molecule has 0 bridgehead atoms. The molecule has 22 heavy (non-hydrogen) atoms. The predicted octanol–water partition coefficient (Wildman–Crippen LogP) is 3.31. The van der Waals surface area contributed by atoms with Gasteiger partial charge in [-0.05, 0) is 24.5 Å². The number of aryl methyl sites for hydroxylation is 1. The Labute approximate surface area is 139 Å². The third-order valence-electron chi connectivity index (χ3n) is 3.36. The van der Waals surface area contributed by atoms with Crippen molar-refractivity contribution < 1.29 is 14.7 Å². The maximum Gasteiger partial charge on any atom is 0.327 e. The molecule has 116 valence electrons. The van der Waals surface area contributed by atoms with Crippen LogP contribution in [0.5, 0.6) is 0 Å². The Morgan fingerprint density at radius 1 is 1.32 bits per heavy atom. The van der Waals surface area contributed by atoms with Crippen LogP contribution >= 0.6 is 24.0 Å². The Hall–Kier alpha value is -1.66. The molecule has 1 N–H and O–H groups in total. The van der Waals surface area contributed by atoms with Gasteiger partial charge in [0.1, 0.15) is 10.4 Å². The molecule has 1 heterocycles. The molecule has 0 saturated carbocycles. The fraction of sp³-hybridized carbons (Fsp3) is 0.312. The highest BCUT2D eigenvalue weighted by atomic mass is 32.2. The second-order valence-electron chi connectivity index (χ2n) is 5.49. The van der Waals surface area contributed by atoms with Gasteiger partial charge in [-0.2, -0.15) is 0 Å². The van der Waals surface area contributed by atoms with Crippen molar-refractivity contribution >= 4 is 46.3 Å². The third-order valence-corrected chi connectivity index (χ3v) is 4.69. The number of amides is 1. The van der Waals surface area contributed by atoms with Crippen molar-refractivity contribution in [3.05, 3.63) is 40.3 Å². The van der Waals surface area contributed by atoms with E-state index in [1.165, 1.54) is 4.90 Å². The van der Waals surface area contributed by atoms with Crippen molar-refractivity contribution in [3.8, 4) is 0 Å². The van der Waals surface area contributed by atoms with E-state index in [4.69, 9.17) is 12.2 Å². The van der Waals surface area contributed by atoms with Gasteiger partial charge in [-0.1, -0.05) is 67.7 Å². The molecule has 1 atom stereocenters. The Morgan fingerprint density at radius 2 is 1.91 bits per heavy atom. The van der Waals surface area contributed by atoms with E-state index in [0.717, 1.165) is 22.9 Å². The summed E-state index contributed by atoms with van der Waals surface area (Å²) in [5.74, 6) is -1.60. The van der Waals surface area contributed by atoms with Gasteiger partial charge in [0.15, 0.2) is 0 Å². The first kappa shape index (κ1) is 16.7. The second-order valence-corrected chi connectivity index (χ2v) is 7.17. The molecule has 1 unspecified atom stereocenters. The summed E-state index contributed by atoms with van der Waals surface area (Å²) in [6.07, 6.45) is 1.75. The predicted molar refractivity (Wildman–Crippen MR) is 92.5 cm³/mol. The van der Waals surface area contributed by atoms with Gasteiger partial charge in [0.25, 0.3) is 5.91 Å². The lowest BCUT2D eigenvalue weighted by atomic mass is 10.0. The summed E-state index contributed by atoms with van der Waals surface area (Å²) in [6, 6.07) is 6.82. The van der Waals surface area contributed by atoms with Crippen molar-refractivity contribution in [1.82, 2.24) is 4.90 Å². The molecule has 4 nitrogen and oxygen atoms in total. The maximum absolute atomic E-state index is 12.5. The normalized spacial score (nSPS) is 18.4. The highest BCUT2D eigenvalue weighted by molar-refractivity contribution is 8.26. The van der Waals surface area contributed by atoms with Crippen LogP contribution in [0.15, 0.2) is 29.2 Å². The summed E-state index contributed by atoms with van der Waals surface area (Å²) in [5, 5.41) is 9.36. The van der Waals surface area contributed by atoms with Gasteiger partial charge in [0.2, 0.25) is 0 Å². The SMILES string of the molecule is Cc1ccc(C=C2SC(=S)N(C(C(=O)O)C(C)C)C2=O)cc1. The molecule has 0 aromatic heterocycles. The molecule has 1 amide bonds. The van der Waals surface area contributed by atoms with E-state index in [-0.39, 0.29) is 11.8 Å². The van der Waals surface area contributed by atoms with Crippen LogP contribution in [-0.2, 0) is 9.59 Å². The van der Waals surface area contributed by atoms with Gasteiger partial charge in [0.05, 0.1) is 4.91 Å². The second kappa shape index (κ2) is 6.62. The van der Waals surface area contributed by atoms with E-state index in [9.17, 15) is 14.7 Å². The Bertz CT molecular complexity index is 650. The summed E-state index contributed by atoms with van der Waals surface area (Å²) < 4.78 is 0.296. The van der Waals surface area contributed by atoms with Gasteiger partial charge in [-0.3, -0.25) is 9.69 Å². The van der Waals surface area contributed by atoms with E-state index in [1.54, 1.807) is 19.9 Å². The molecule has 6 heteroatoms. The summed E-state index contributed by atoms with van der Waals surface area (Å²) in [7, 11) is 0. The number of thioether (sulfide) groups is 1. The number of nitrogens with zero attached hydrogens (tertiary/aromatic N) is 1. The maximum atomic E-state index is 12.5. The van der Waals surface area contributed by atoms with Crippen LogP contribution in [0.3, 0.4) is 0 Å². The van der Waals surface area contributed by atoms with Crippen molar-refractivity contribution in [2.24, 2.45) is 5.92 Å². The topological polar surface area (TPSA) is 57.6 Å². The van der Waals surface area contributed by atoms with E-state index in [2.05, 4.69) is 0 Å². The molecule has 1 aromatic rings. The number of carbonyl (C=O) groups excluding carboxylic acids is 1. The number of benzene rings is 1. The minimum Gasteiger partial charge on any atom is -0.480 e. The molecule has 0 radical (unpaired) electrons. The third kappa shape index (κ3) is 3.39. The number of carbonyl (C=O) groups is 2. The minimum atomic E-state index is -1.04. The van der Waals surface area contributed by atoms with Gasteiger partial charge in [-0.25, -0.2) is 4.79 Å². The first-order valence-corrected chi connectivity index (χ1v) is 8.10. The average molecular weight is 335 g/mol. The summed E-state index contributed by atoms with van der Waals surface area (Å²) in [5.41, 5.74) is 2.03. The quantitative estimate of drug-likeness (QED) is 0.676. The summed E-state index contributed by atoms with van der Waals surface area (Å²) >= 11 is 6.36. The monoisotopic (exact) mass is 335 g/mol. The zero-order valence-corrected chi connectivity index (χ0v) is 14.2. The first-order valence-electron chi connectivity index (χ1n) is 6.88. The molecule has 0 spiro atoms. The highest BCUT2D eigenvalue weighted by Crippen LogP contribution is 2.35. The van der Waals surface area contributed by atoms with Crippen molar-refractivity contribution in [3.63, 3.8) is 0 Å². The molecular formula is C16H17NO3S2. The number of carboxylic acids is 1. The average Bonchev–Trinajstić information content (AvgIpc) is 2.69. The molecular weight excluding hydrogens is 318 g/mol. The van der Waals surface area contributed by atoms with Crippen LogP contribution in [0.4, 0.5) is 0 Å². The number of aliphatic carboxylic acids is 1. The minimum absolute atomic E-state index is 0.223. The van der Waals surface area contributed by atoms with Crippen LogP contribution in [0.1, 0.15) is 25.0 Å². The van der Waals surface area contributed by atoms with Crippen LogP contribution in [0, 0.1) is 12.8 Å². The van der Waals surface area contributed by atoms with Crippen LogP contribution in [0.25, 0.3) is 6.08 Å². The van der Waals surface area contributed by atoms with Gasteiger partial charge in [-0.15, -0.1) is 0 Å². The van der Waals surface area contributed by atoms with Crippen LogP contribution in [-0.4, -0.2) is 32.2 Å². The molecule has 1 aliphatic rings. The Kier molecular flexibility index (Phi) is 5.03. The smallest absolute Gasteiger partial charge is 0.327 e. The van der Waals surface area contributed by atoms with Crippen molar-refractivity contribution in [2.75, 3.05) is 0 Å².